The van der Waals surface area contributed by atoms with Crippen LogP contribution in [0, 0.1) is 10.1 Å². The first-order valence-corrected chi connectivity index (χ1v) is 12.3. The van der Waals surface area contributed by atoms with Gasteiger partial charge in [-0.2, -0.15) is 0 Å². The lowest BCUT2D eigenvalue weighted by molar-refractivity contribution is -0.385. The molecule has 2 aliphatic heterocycles. The first-order valence-electron chi connectivity index (χ1n) is 12.3. The van der Waals surface area contributed by atoms with E-state index in [1.165, 1.54) is 35.1 Å². The molecule has 0 saturated carbocycles. The summed E-state index contributed by atoms with van der Waals surface area (Å²) in [6, 6.07) is 12.7. The number of nitro benzene ring substituents is 1. The third-order valence-corrected chi connectivity index (χ3v) is 6.89. The number of para-hydroxylation sites is 1. The maximum Gasteiger partial charge on any atom is 0.336 e. The standard InChI is InChI=1S/C28H27N3O8/c1-17-23(28(35)38-3)24(21-12-6-7-13-22(21)31(36)37)25(18(2)30(17)16-32)39-15-9-8-14-29-26(33)19-10-4-5-11-20(19)27(29)34/h4-7,10-13,16,24H,8-9,14-15H2,1-3H3. The number of hydrogen-bond acceptors (Lipinski definition) is 8. The summed E-state index contributed by atoms with van der Waals surface area (Å²) in [5, 5.41) is 11.9. The van der Waals surface area contributed by atoms with Crippen LogP contribution in [0.4, 0.5) is 5.69 Å². The SMILES string of the molecule is COC(=O)C1=C(C)N(C=O)C(C)=C(OCCCCN2C(=O)c3ccccc3C2=O)C1c1ccccc1[N+](=O)[O-]. The number of carbonyl (C=O) groups excluding carboxylic acids is 4. The van der Waals surface area contributed by atoms with Crippen molar-refractivity contribution in [3.05, 3.63) is 98.1 Å². The van der Waals surface area contributed by atoms with Crippen molar-refractivity contribution in [2.75, 3.05) is 20.3 Å². The molecule has 4 rings (SSSR count). The molecule has 2 aromatic rings. The van der Waals surface area contributed by atoms with Gasteiger partial charge in [0, 0.05) is 23.9 Å². The maximum absolute atomic E-state index is 12.9. The van der Waals surface area contributed by atoms with Gasteiger partial charge in [0.25, 0.3) is 17.5 Å². The van der Waals surface area contributed by atoms with E-state index in [0.717, 1.165) is 0 Å². The fraction of sp³-hybridized carbons (Fsp3) is 0.286. The molecule has 1 atom stereocenters. The summed E-state index contributed by atoms with van der Waals surface area (Å²) in [7, 11) is 1.19. The first kappa shape index (κ1) is 27.2. The fourth-order valence-electron chi connectivity index (χ4n) is 4.96. The highest BCUT2D eigenvalue weighted by Crippen LogP contribution is 2.45. The Bertz CT molecular complexity index is 1390. The molecule has 0 aromatic heterocycles. The van der Waals surface area contributed by atoms with Crippen molar-refractivity contribution in [1.82, 2.24) is 9.80 Å². The van der Waals surface area contributed by atoms with Crippen molar-refractivity contribution in [2.45, 2.75) is 32.6 Å². The van der Waals surface area contributed by atoms with Crippen LogP contribution < -0.4 is 0 Å². The number of nitrogens with zero attached hydrogens (tertiary/aromatic N) is 3. The molecule has 0 fully saturated rings. The minimum absolute atomic E-state index is 0.0468. The fourth-order valence-corrected chi connectivity index (χ4v) is 4.96. The van der Waals surface area contributed by atoms with E-state index >= 15 is 0 Å². The zero-order chi connectivity index (χ0) is 28.3. The lowest BCUT2D eigenvalue weighted by Gasteiger charge is -2.34. The highest BCUT2D eigenvalue weighted by atomic mass is 16.6. The van der Waals surface area contributed by atoms with Gasteiger partial charge in [-0.3, -0.25) is 34.3 Å². The maximum atomic E-state index is 12.9. The smallest absolute Gasteiger partial charge is 0.336 e. The predicted octanol–water partition coefficient (Wildman–Crippen LogP) is 3.92. The van der Waals surface area contributed by atoms with Gasteiger partial charge in [-0.15, -0.1) is 0 Å². The molecule has 0 bridgehead atoms. The van der Waals surface area contributed by atoms with Gasteiger partial charge in [0.05, 0.1) is 47.0 Å². The second-order valence-electron chi connectivity index (χ2n) is 9.03. The van der Waals surface area contributed by atoms with E-state index in [1.807, 2.05) is 0 Å². The normalized spacial score (nSPS) is 16.9. The van der Waals surface area contributed by atoms with Crippen molar-refractivity contribution >= 4 is 29.9 Å². The van der Waals surface area contributed by atoms with E-state index in [4.69, 9.17) is 9.47 Å². The van der Waals surface area contributed by atoms with Crippen molar-refractivity contribution < 1.29 is 33.6 Å². The molecule has 0 saturated heterocycles. The lowest BCUT2D eigenvalue weighted by atomic mass is 9.83. The molecule has 0 radical (unpaired) electrons. The number of carbonyl (C=O) groups is 4. The monoisotopic (exact) mass is 533 g/mol. The van der Waals surface area contributed by atoms with E-state index in [0.29, 0.717) is 36.1 Å². The van der Waals surface area contributed by atoms with Crippen LogP contribution in [-0.2, 0) is 19.1 Å². The van der Waals surface area contributed by atoms with Gasteiger partial charge in [0.2, 0.25) is 6.41 Å². The molecule has 0 spiro atoms. The van der Waals surface area contributed by atoms with Crippen molar-refractivity contribution in [3.8, 4) is 0 Å². The minimum Gasteiger partial charge on any atom is -0.495 e. The topological polar surface area (TPSA) is 136 Å². The van der Waals surface area contributed by atoms with Crippen LogP contribution in [0.1, 0.15) is 58.9 Å². The zero-order valence-electron chi connectivity index (χ0n) is 21.7. The molecular formula is C28H27N3O8. The lowest BCUT2D eigenvalue weighted by Crippen LogP contribution is -2.33. The molecular weight excluding hydrogens is 506 g/mol. The van der Waals surface area contributed by atoms with Gasteiger partial charge in [0.15, 0.2) is 0 Å². The number of methoxy groups -OCH3 is 1. The Morgan fingerprint density at radius 2 is 1.62 bits per heavy atom. The Morgan fingerprint density at radius 1 is 1.00 bits per heavy atom. The van der Waals surface area contributed by atoms with Crippen LogP contribution >= 0.6 is 0 Å². The average molecular weight is 534 g/mol. The quantitative estimate of drug-likeness (QED) is 0.112. The second-order valence-corrected chi connectivity index (χ2v) is 9.03. The van der Waals surface area contributed by atoms with Crippen LogP contribution in [0.25, 0.3) is 0 Å². The number of hydrogen-bond donors (Lipinski definition) is 0. The number of nitro groups is 1. The Kier molecular flexibility index (Phi) is 7.89. The Hall–Kier alpha value is -4.80. The van der Waals surface area contributed by atoms with Crippen LogP contribution in [0.3, 0.4) is 0 Å². The van der Waals surface area contributed by atoms with Crippen molar-refractivity contribution in [3.63, 3.8) is 0 Å². The Balaban J connectivity index is 1.56. The molecule has 2 aromatic carbocycles. The average Bonchev–Trinajstić information content (AvgIpc) is 3.18. The van der Waals surface area contributed by atoms with Crippen LogP contribution in [0.15, 0.2) is 71.3 Å². The predicted molar refractivity (Wildman–Crippen MR) is 138 cm³/mol. The minimum atomic E-state index is -0.994. The molecule has 11 heteroatoms. The van der Waals surface area contributed by atoms with E-state index in [-0.39, 0.29) is 53.2 Å². The molecule has 2 heterocycles. The van der Waals surface area contributed by atoms with E-state index in [1.54, 1.807) is 44.2 Å². The van der Waals surface area contributed by atoms with Crippen LogP contribution in [0.2, 0.25) is 0 Å². The number of benzene rings is 2. The third-order valence-electron chi connectivity index (χ3n) is 6.89. The number of ether oxygens (including phenoxy) is 2. The van der Waals surface area contributed by atoms with Crippen molar-refractivity contribution in [1.29, 1.82) is 0 Å². The van der Waals surface area contributed by atoms with Crippen molar-refractivity contribution in [2.24, 2.45) is 0 Å². The van der Waals surface area contributed by atoms with Gasteiger partial charge < -0.3 is 9.47 Å². The summed E-state index contributed by atoms with van der Waals surface area (Å²) in [6.45, 7) is 3.48. The summed E-state index contributed by atoms with van der Waals surface area (Å²) in [5.41, 5.74) is 1.45. The first-order chi connectivity index (χ1) is 18.7. The number of imide groups is 1. The van der Waals surface area contributed by atoms with Gasteiger partial charge in [0.1, 0.15) is 5.76 Å². The zero-order valence-corrected chi connectivity index (χ0v) is 21.7. The number of unbranched alkanes of at least 4 members (excludes halogenated alkanes) is 1. The van der Waals surface area contributed by atoms with Gasteiger partial charge in [-0.05, 0) is 38.8 Å². The molecule has 0 N–H and O–H groups in total. The largest absolute Gasteiger partial charge is 0.495 e. The van der Waals surface area contributed by atoms with E-state index in [9.17, 15) is 29.3 Å². The molecule has 39 heavy (non-hydrogen) atoms. The summed E-state index contributed by atoms with van der Waals surface area (Å²) >= 11 is 0. The number of amides is 3. The molecule has 11 nitrogen and oxygen atoms in total. The highest BCUT2D eigenvalue weighted by molar-refractivity contribution is 6.21. The number of fused-ring (bicyclic) bond motifs is 1. The van der Waals surface area contributed by atoms with Gasteiger partial charge in [-0.1, -0.05) is 30.3 Å². The Morgan fingerprint density at radius 3 is 2.21 bits per heavy atom. The summed E-state index contributed by atoms with van der Waals surface area (Å²) in [6.07, 6.45) is 1.39. The van der Waals surface area contributed by atoms with Crippen LogP contribution in [-0.4, -0.2) is 59.2 Å². The molecule has 202 valence electrons. The molecule has 3 amide bonds. The summed E-state index contributed by atoms with van der Waals surface area (Å²) < 4.78 is 11.1. The third kappa shape index (κ3) is 4.90. The highest BCUT2D eigenvalue weighted by Gasteiger charge is 2.41. The number of esters is 1. The van der Waals surface area contributed by atoms with E-state index < -0.39 is 16.8 Å². The number of allylic oxidation sites excluding steroid dienone is 3. The molecule has 2 aliphatic rings. The number of rotatable bonds is 10. The summed E-state index contributed by atoms with van der Waals surface area (Å²) in [4.78, 5) is 63.8. The second kappa shape index (κ2) is 11.3. The van der Waals surface area contributed by atoms with Gasteiger partial charge in [-0.25, -0.2) is 4.79 Å². The molecule has 1 unspecified atom stereocenters. The summed E-state index contributed by atoms with van der Waals surface area (Å²) in [5.74, 6) is -2.23. The van der Waals surface area contributed by atoms with E-state index in [2.05, 4.69) is 0 Å². The molecule has 0 aliphatic carbocycles. The van der Waals surface area contributed by atoms with Gasteiger partial charge >= 0.3 is 5.97 Å². The Labute approximate surface area is 224 Å². The van der Waals surface area contributed by atoms with Crippen LogP contribution in [0.5, 0.6) is 0 Å².